The van der Waals surface area contributed by atoms with Crippen LogP contribution in [0.15, 0.2) is 22.8 Å². The summed E-state index contributed by atoms with van der Waals surface area (Å²) < 4.78 is 4.64. The van der Waals surface area contributed by atoms with Crippen LogP contribution in [0.4, 0.5) is 0 Å². The Morgan fingerprint density at radius 2 is 1.65 bits per heavy atom. The molecule has 0 radical (unpaired) electrons. The Bertz CT molecular complexity index is 1850. The van der Waals surface area contributed by atoms with Gasteiger partial charge in [0.05, 0.1) is 21.9 Å². The first-order valence-electron chi connectivity index (χ1n) is 13.3. The Balaban J connectivity index is 1.82. The monoisotopic (exact) mass is 652 g/mol. The van der Waals surface area contributed by atoms with E-state index in [2.05, 4.69) is 75.7 Å². The first-order valence-corrected chi connectivity index (χ1v) is 14.3. The molecule has 0 aliphatic carbocycles. The van der Waals surface area contributed by atoms with E-state index in [0.717, 1.165) is 72.0 Å². The maximum atomic E-state index is 12.0. The normalized spacial score (nSPS) is 17.6. The van der Waals surface area contributed by atoms with Crippen molar-refractivity contribution in [3.05, 3.63) is 78.4 Å². The summed E-state index contributed by atoms with van der Waals surface area (Å²) in [6.07, 6.45) is 11.6. The van der Waals surface area contributed by atoms with E-state index in [1.54, 1.807) is 0 Å². The number of methoxy groups -OCH3 is 1. The van der Waals surface area contributed by atoms with Crippen LogP contribution in [0.5, 0.6) is 0 Å². The number of alkyl halides is 1. The van der Waals surface area contributed by atoms with Gasteiger partial charge in [0.25, 0.3) is 0 Å². The van der Waals surface area contributed by atoms with Crippen LogP contribution in [0, 0.1) is 20.8 Å². The van der Waals surface area contributed by atoms with Gasteiger partial charge in [-0.15, -0.1) is 0 Å². The van der Waals surface area contributed by atoms with Crippen LogP contribution < -0.4 is 21.4 Å². The second-order valence-corrected chi connectivity index (χ2v) is 12.9. The number of fused-ring (bicyclic) bond motifs is 7. The number of aliphatic imine (C=N–C) groups is 1. The summed E-state index contributed by atoms with van der Waals surface area (Å²) in [5.41, 5.74) is 8.70. The molecule has 0 saturated heterocycles. The molecule has 0 saturated carbocycles. The molecule has 2 aliphatic heterocycles. The van der Waals surface area contributed by atoms with Gasteiger partial charge in [0.1, 0.15) is 0 Å². The number of nitrogens with zero attached hydrogens (tertiary/aromatic N) is 1. The fourth-order valence-electron chi connectivity index (χ4n) is 5.39. The fraction of sp³-hybridized carbons (Fsp3) is 0.323. The number of rotatable bonds is 6. The van der Waals surface area contributed by atoms with E-state index in [1.807, 2.05) is 26.0 Å². The van der Waals surface area contributed by atoms with Crippen molar-refractivity contribution in [2.24, 2.45) is 4.99 Å². The van der Waals surface area contributed by atoms with Crippen LogP contribution in [-0.4, -0.2) is 48.2 Å². The van der Waals surface area contributed by atoms with E-state index in [9.17, 15) is 14.7 Å². The number of aromatic nitrogens is 3. The molecule has 8 bridgehead atoms. The van der Waals surface area contributed by atoms with E-state index < -0.39 is 5.97 Å². The number of hydrogen-bond acceptors (Lipinski definition) is 4. The number of ether oxygens (including phenoxy) is 1. The van der Waals surface area contributed by atoms with Gasteiger partial charge in [0, 0.05) is 45.6 Å². The van der Waals surface area contributed by atoms with Gasteiger partial charge in [0.2, 0.25) is 0 Å². The number of aliphatic carboxylic acids is 1. The number of carboxylic acid groups (broad SMARTS) is 1. The van der Waals surface area contributed by atoms with Crippen LogP contribution in [0.1, 0.15) is 59.0 Å². The fourth-order valence-corrected chi connectivity index (χ4v) is 5.99. The summed E-state index contributed by atoms with van der Waals surface area (Å²) in [6, 6.07) is 2.12. The average Bonchev–Trinajstić information content (AvgIpc) is 3.55. The van der Waals surface area contributed by atoms with Gasteiger partial charge in [-0.05, 0) is 105 Å². The number of carbonyl (C=O) groups excluding carboxylic acids is 1. The molecule has 2 aliphatic rings. The van der Waals surface area contributed by atoms with Crippen LogP contribution in [-0.2, 0) is 27.2 Å². The number of H-pyrrole nitrogens is 3. The number of carboxylic acids is 1. The molecule has 8 nitrogen and oxygen atoms in total. The molecule has 0 aromatic carbocycles. The molecule has 208 valence electrons. The summed E-state index contributed by atoms with van der Waals surface area (Å²) in [5.74, 6) is -1.11. The first kappa shape index (κ1) is 27.9. The predicted molar refractivity (Wildman–Crippen MR) is 165 cm³/mol. The number of carbonyl (C=O) groups is 2. The maximum absolute atomic E-state index is 12.0. The smallest absolute Gasteiger partial charge is 0.305 e. The Morgan fingerprint density at radius 1 is 0.925 bits per heavy atom. The second-order valence-electron chi connectivity index (χ2n) is 10.6. The molecule has 3 aromatic rings. The highest BCUT2D eigenvalue weighted by atomic mass is 127. The van der Waals surface area contributed by atoms with Crippen molar-refractivity contribution in [2.75, 3.05) is 7.11 Å². The number of nitrogens with one attached hydrogen (secondary N) is 3. The zero-order valence-corrected chi connectivity index (χ0v) is 25.4. The van der Waals surface area contributed by atoms with Gasteiger partial charge in [-0.2, -0.15) is 0 Å². The van der Waals surface area contributed by atoms with Crippen LogP contribution in [0.3, 0.4) is 0 Å². The number of aromatic amines is 3. The van der Waals surface area contributed by atoms with E-state index in [4.69, 9.17) is 9.73 Å². The zero-order valence-electron chi connectivity index (χ0n) is 23.3. The number of esters is 1. The van der Waals surface area contributed by atoms with Crippen molar-refractivity contribution < 1.29 is 19.4 Å². The molecular formula is C31H33IN4O4. The molecule has 9 heteroatoms. The molecule has 40 heavy (non-hydrogen) atoms. The average molecular weight is 653 g/mol. The maximum Gasteiger partial charge on any atom is 0.305 e. The zero-order chi connectivity index (χ0) is 28.8. The number of halogens is 1. The van der Waals surface area contributed by atoms with Gasteiger partial charge in [-0.3, -0.25) is 14.6 Å². The standard InChI is InChI=1S/C31H33IN4O4/c1-16-10-19-12-28-31(4,32)15-20(34-28)11-24-17(2)22(7-9-30(39)40-5)27(35-24)14-26-21(6-8-29(37)38)18(3)25(36-26)13-23(16)33-19/h10-15,33,35-36H,6-9H2,1-5H3,(H,37,38). The van der Waals surface area contributed by atoms with Crippen molar-refractivity contribution in [1.82, 2.24) is 15.0 Å². The lowest BCUT2D eigenvalue weighted by Gasteiger charge is -2.12. The van der Waals surface area contributed by atoms with Crippen molar-refractivity contribution in [2.45, 2.75) is 56.8 Å². The highest BCUT2D eigenvalue weighted by Gasteiger charge is 2.29. The van der Waals surface area contributed by atoms with Crippen LogP contribution in [0.25, 0.3) is 24.3 Å². The molecule has 0 fully saturated rings. The highest BCUT2D eigenvalue weighted by molar-refractivity contribution is 14.1. The largest absolute Gasteiger partial charge is 0.481 e. The summed E-state index contributed by atoms with van der Waals surface area (Å²) in [5, 5.41) is 13.2. The SMILES string of the molecule is COC(=O)CCc1c(C)c2[nH]c1=Cc1[nH]c(c(C)c1CCC(=O)O)C=c1[nH]c(cc1C)=CC1=NC(=CC1(C)I)C=2. The van der Waals surface area contributed by atoms with E-state index >= 15 is 0 Å². The van der Waals surface area contributed by atoms with Crippen molar-refractivity contribution in [3.8, 4) is 0 Å². The molecule has 1 unspecified atom stereocenters. The molecule has 4 N–H and O–H groups in total. The quantitative estimate of drug-likeness (QED) is 0.186. The summed E-state index contributed by atoms with van der Waals surface area (Å²) in [6.45, 7) is 8.28. The Hall–Kier alpha value is -3.60. The Kier molecular flexibility index (Phi) is 7.52. The van der Waals surface area contributed by atoms with Crippen molar-refractivity contribution in [1.29, 1.82) is 0 Å². The molecule has 1 atom stereocenters. The number of hydrogen-bond donors (Lipinski definition) is 4. The van der Waals surface area contributed by atoms with Gasteiger partial charge < -0.3 is 24.8 Å². The summed E-state index contributed by atoms with van der Waals surface area (Å²) in [7, 11) is 1.40. The minimum atomic E-state index is -0.839. The lowest BCUT2D eigenvalue weighted by molar-refractivity contribution is -0.140. The van der Waals surface area contributed by atoms with Crippen LogP contribution >= 0.6 is 22.6 Å². The van der Waals surface area contributed by atoms with Gasteiger partial charge in [-0.25, -0.2) is 0 Å². The van der Waals surface area contributed by atoms with Gasteiger partial charge in [0.15, 0.2) is 0 Å². The minimum absolute atomic E-state index is 0.0287. The van der Waals surface area contributed by atoms with Gasteiger partial charge >= 0.3 is 11.9 Å². The third-order valence-corrected chi connectivity index (χ3v) is 8.57. The van der Waals surface area contributed by atoms with E-state index in [0.29, 0.717) is 12.8 Å². The Morgan fingerprint density at radius 3 is 2.38 bits per heavy atom. The highest BCUT2D eigenvalue weighted by Crippen LogP contribution is 2.31. The predicted octanol–water partition coefficient (Wildman–Crippen LogP) is 2.48. The minimum Gasteiger partial charge on any atom is -0.481 e. The lowest BCUT2D eigenvalue weighted by Crippen LogP contribution is -2.23. The molecular weight excluding hydrogens is 619 g/mol. The lowest BCUT2D eigenvalue weighted by atomic mass is 10.0. The Labute approximate surface area is 245 Å². The first-order chi connectivity index (χ1) is 18.9. The third-order valence-electron chi connectivity index (χ3n) is 7.70. The molecule has 3 aromatic heterocycles. The molecule has 5 heterocycles. The summed E-state index contributed by atoms with van der Waals surface area (Å²) in [4.78, 5) is 39.2. The van der Waals surface area contributed by atoms with Crippen LogP contribution in [0.2, 0.25) is 0 Å². The number of aryl methyl sites for hydroxylation is 1. The van der Waals surface area contributed by atoms with Crippen molar-refractivity contribution >= 4 is 64.5 Å². The second kappa shape index (κ2) is 10.8. The number of allylic oxidation sites excluding steroid dienone is 2. The van der Waals surface area contributed by atoms with Crippen molar-refractivity contribution in [3.63, 3.8) is 0 Å². The van der Waals surface area contributed by atoms with E-state index in [1.165, 1.54) is 7.11 Å². The third kappa shape index (κ3) is 5.52. The molecule has 0 amide bonds. The molecule has 5 rings (SSSR count). The summed E-state index contributed by atoms with van der Waals surface area (Å²) >= 11 is 2.43. The topological polar surface area (TPSA) is 123 Å². The van der Waals surface area contributed by atoms with Gasteiger partial charge in [-0.1, -0.05) is 22.6 Å². The molecule has 0 spiro atoms. The van der Waals surface area contributed by atoms with E-state index in [-0.39, 0.29) is 22.2 Å².